The fraction of sp³-hybridized carbons (Fsp3) is 0.529. The molecule has 0 aromatic heterocycles. The van der Waals surface area contributed by atoms with Gasteiger partial charge in [-0.3, -0.25) is 9.79 Å². The van der Waals surface area contributed by atoms with Gasteiger partial charge in [-0.25, -0.2) is 8.42 Å². The van der Waals surface area contributed by atoms with E-state index in [0.717, 1.165) is 12.0 Å². The van der Waals surface area contributed by atoms with E-state index in [1.807, 2.05) is 25.1 Å². The van der Waals surface area contributed by atoms with E-state index in [1.165, 1.54) is 0 Å². The van der Waals surface area contributed by atoms with Gasteiger partial charge in [0.15, 0.2) is 15.8 Å². The van der Waals surface area contributed by atoms with Crippen LogP contribution >= 0.6 is 0 Å². The molecule has 0 radical (unpaired) electrons. The molecule has 0 aliphatic heterocycles. The van der Waals surface area contributed by atoms with Crippen LogP contribution in [0.1, 0.15) is 29.8 Å². The second-order valence-corrected chi connectivity index (χ2v) is 7.93. The Hall–Kier alpha value is -2.09. The number of amides is 1. The standard InChI is InChI=1S/C17H28N4O3S/c1-4-19-17(21-11-12-25(23,24)5-2)20-10-9-14-7-6-8-15(13-14)16(22)18-3/h6-8,13H,4-5,9-12H2,1-3H3,(H,18,22)(H2,19,20,21). The van der Waals surface area contributed by atoms with Gasteiger partial charge >= 0.3 is 0 Å². The van der Waals surface area contributed by atoms with Crippen molar-refractivity contribution in [2.75, 3.05) is 38.2 Å². The van der Waals surface area contributed by atoms with Crippen molar-refractivity contribution >= 4 is 21.7 Å². The number of rotatable bonds is 9. The molecule has 0 unspecified atom stereocenters. The average Bonchev–Trinajstić information content (AvgIpc) is 2.61. The molecule has 140 valence electrons. The van der Waals surface area contributed by atoms with E-state index in [9.17, 15) is 13.2 Å². The monoisotopic (exact) mass is 368 g/mol. The van der Waals surface area contributed by atoms with Crippen molar-refractivity contribution in [1.82, 2.24) is 16.0 Å². The van der Waals surface area contributed by atoms with Crippen molar-refractivity contribution in [1.29, 1.82) is 0 Å². The first-order valence-electron chi connectivity index (χ1n) is 8.45. The zero-order valence-corrected chi connectivity index (χ0v) is 15.9. The van der Waals surface area contributed by atoms with E-state index in [0.29, 0.717) is 24.6 Å². The van der Waals surface area contributed by atoms with E-state index in [-0.39, 0.29) is 24.0 Å². The highest BCUT2D eigenvalue weighted by Crippen LogP contribution is 2.05. The summed E-state index contributed by atoms with van der Waals surface area (Å²) in [5, 5.41) is 8.88. The van der Waals surface area contributed by atoms with Crippen LogP contribution in [0.15, 0.2) is 29.3 Å². The molecule has 0 bridgehead atoms. The van der Waals surface area contributed by atoms with Crippen LogP contribution in [0.5, 0.6) is 0 Å². The van der Waals surface area contributed by atoms with Crippen LogP contribution in [-0.2, 0) is 16.3 Å². The fourth-order valence-electron chi connectivity index (χ4n) is 2.12. The first kappa shape index (κ1) is 21.0. The zero-order chi connectivity index (χ0) is 18.7. The third-order valence-corrected chi connectivity index (χ3v) is 5.26. The van der Waals surface area contributed by atoms with Crippen LogP contribution in [-0.4, -0.2) is 58.5 Å². The van der Waals surface area contributed by atoms with E-state index in [2.05, 4.69) is 20.9 Å². The molecule has 0 saturated heterocycles. The summed E-state index contributed by atoms with van der Waals surface area (Å²) in [6.07, 6.45) is 0.725. The Bertz CT molecular complexity index is 687. The molecule has 0 aliphatic rings. The maximum absolute atomic E-state index is 11.7. The quantitative estimate of drug-likeness (QED) is 0.437. The highest BCUT2D eigenvalue weighted by molar-refractivity contribution is 7.91. The number of carbonyl (C=O) groups excluding carboxylic acids is 1. The van der Waals surface area contributed by atoms with Gasteiger partial charge in [-0.05, 0) is 31.0 Å². The van der Waals surface area contributed by atoms with Crippen LogP contribution < -0.4 is 16.0 Å². The topological polar surface area (TPSA) is 99.7 Å². The number of benzene rings is 1. The van der Waals surface area contributed by atoms with Crippen molar-refractivity contribution in [2.45, 2.75) is 20.3 Å². The van der Waals surface area contributed by atoms with Crippen LogP contribution in [0, 0.1) is 0 Å². The van der Waals surface area contributed by atoms with Gasteiger partial charge in [-0.15, -0.1) is 0 Å². The molecule has 1 aromatic carbocycles. The van der Waals surface area contributed by atoms with Crippen molar-refractivity contribution < 1.29 is 13.2 Å². The largest absolute Gasteiger partial charge is 0.357 e. The lowest BCUT2D eigenvalue weighted by atomic mass is 10.1. The summed E-state index contributed by atoms with van der Waals surface area (Å²) in [6, 6.07) is 7.45. The molecule has 25 heavy (non-hydrogen) atoms. The maximum atomic E-state index is 11.7. The van der Waals surface area contributed by atoms with Crippen LogP contribution in [0.4, 0.5) is 0 Å². The normalized spacial score (nSPS) is 11.9. The third kappa shape index (κ3) is 8.02. The van der Waals surface area contributed by atoms with Gasteiger partial charge in [0.2, 0.25) is 0 Å². The first-order valence-corrected chi connectivity index (χ1v) is 10.3. The van der Waals surface area contributed by atoms with Gasteiger partial charge in [-0.2, -0.15) is 0 Å². The number of sulfone groups is 1. The lowest BCUT2D eigenvalue weighted by Crippen LogP contribution is -2.38. The van der Waals surface area contributed by atoms with E-state index in [1.54, 1.807) is 20.0 Å². The minimum Gasteiger partial charge on any atom is -0.357 e. The van der Waals surface area contributed by atoms with Crippen LogP contribution in [0.2, 0.25) is 0 Å². The molecule has 0 fully saturated rings. The lowest BCUT2D eigenvalue weighted by molar-refractivity contribution is 0.0963. The summed E-state index contributed by atoms with van der Waals surface area (Å²) in [5.74, 6) is 0.667. The van der Waals surface area contributed by atoms with Gasteiger partial charge in [-0.1, -0.05) is 19.1 Å². The highest BCUT2D eigenvalue weighted by atomic mass is 32.2. The fourth-order valence-corrected chi connectivity index (χ4v) is 2.78. The number of hydrogen-bond donors (Lipinski definition) is 3. The van der Waals surface area contributed by atoms with Crippen molar-refractivity contribution in [3.63, 3.8) is 0 Å². The Labute approximate surface area is 150 Å². The first-order chi connectivity index (χ1) is 11.9. The minimum atomic E-state index is -3.01. The maximum Gasteiger partial charge on any atom is 0.251 e. The summed E-state index contributed by atoms with van der Waals surface area (Å²) in [6.45, 7) is 5.14. The van der Waals surface area contributed by atoms with Gasteiger partial charge in [0.05, 0.1) is 12.3 Å². The highest BCUT2D eigenvalue weighted by Gasteiger charge is 2.07. The molecule has 8 heteroatoms. The Balaban J connectivity index is 2.56. The van der Waals surface area contributed by atoms with Crippen molar-refractivity contribution in [2.24, 2.45) is 4.99 Å². The molecule has 3 N–H and O–H groups in total. The second-order valence-electron chi connectivity index (χ2n) is 5.45. The summed E-state index contributed by atoms with van der Waals surface area (Å²) in [5.41, 5.74) is 1.67. The molecule has 0 aliphatic carbocycles. The number of nitrogens with zero attached hydrogens (tertiary/aromatic N) is 1. The van der Waals surface area contributed by atoms with Gasteiger partial charge in [0, 0.05) is 31.5 Å². The smallest absolute Gasteiger partial charge is 0.251 e. The van der Waals surface area contributed by atoms with E-state index < -0.39 is 9.84 Å². The SMILES string of the molecule is CCNC(=NCCS(=O)(=O)CC)NCCc1cccc(C(=O)NC)c1. The van der Waals surface area contributed by atoms with Crippen LogP contribution in [0.25, 0.3) is 0 Å². The molecule has 1 aromatic rings. The van der Waals surface area contributed by atoms with E-state index >= 15 is 0 Å². The molecule has 0 saturated carbocycles. The van der Waals surface area contributed by atoms with Gasteiger partial charge in [0.1, 0.15) is 0 Å². The summed E-state index contributed by atoms with van der Waals surface area (Å²) in [7, 11) is -1.40. The predicted octanol–water partition coefficient (Wildman–Crippen LogP) is 0.579. The Morgan fingerprint density at radius 2 is 1.96 bits per heavy atom. The Morgan fingerprint density at radius 1 is 1.20 bits per heavy atom. The summed E-state index contributed by atoms with van der Waals surface area (Å²) < 4.78 is 23.0. The number of guanidine groups is 1. The van der Waals surface area contributed by atoms with Crippen molar-refractivity contribution in [3.8, 4) is 0 Å². The molecule has 1 amide bonds. The van der Waals surface area contributed by atoms with E-state index in [4.69, 9.17) is 0 Å². The number of hydrogen-bond acceptors (Lipinski definition) is 4. The molecule has 0 spiro atoms. The van der Waals surface area contributed by atoms with Crippen LogP contribution in [0.3, 0.4) is 0 Å². The van der Waals surface area contributed by atoms with Crippen molar-refractivity contribution in [3.05, 3.63) is 35.4 Å². The molecule has 0 heterocycles. The molecular formula is C17H28N4O3S. The number of carbonyl (C=O) groups is 1. The van der Waals surface area contributed by atoms with Gasteiger partial charge < -0.3 is 16.0 Å². The second kappa shape index (κ2) is 10.7. The molecule has 0 atom stereocenters. The Kier molecular flexibility index (Phi) is 8.98. The third-order valence-electron chi connectivity index (χ3n) is 3.58. The minimum absolute atomic E-state index is 0.0499. The number of aliphatic imine (C=N–C) groups is 1. The predicted molar refractivity (Wildman–Crippen MR) is 102 cm³/mol. The molecule has 7 nitrogen and oxygen atoms in total. The zero-order valence-electron chi connectivity index (χ0n) is 15.1. The molecular weight excluding hydrogens is 340 g/mol. The Morgan fingerprint density at radius 3 is 2.60 bits per heavy atom. The van der Waals surface area contributed by atoms with Gasteiger partial charge in [0.25, 0.3) is 5.91 Å². The average molecular weight is 369 g/mol. The summed E-state index contributed by atoms with van der Waals surface area (Å²) in [4.78, 5) is 15.9. The lowest BCUT2D eigenvalue weighted by Gasteiger charge is -2.11. The number of nitrogens with one attached hydrogen (secondary N) is 3. The molecule has 1 rings (SSSR count). The summed E-state index contributed by atoms with van der Waals surface area (Å²) >= 11 is 0.